The van der Waals surface area contributed by atoms with E-state index in [0.717, 1.165) is 16.6 Å². The zero-order valence-electron chi connectivity index (χ0n) is 10.9. The van der Waals surface area contributed by atoms with E-state index >= 15 is 0 Å². The van der Waals surface area contributed by atoms with E-state index in [0.29, 0.717) is 5.69 Å². The van der Waals surface area contributed by atoms with Crippen LogP contribution in [-0.4, -0.2) is 32.2 Å². The highest BCUT2D eigenvalue weighted by molar-refractivity contribution is 7.14. The fraction of sp³-hybridized carbons (Fsp3) is 0.231. The van der Waals surface area contributed by atoms with Gasteiger partial charge in [-0.2, -0.15) is 0 Å². The molecule has 100 valence electrons. The molecule has 1 aromatic carbocycles. The van der Waals surface area contributed by atoms with E-state index in [1.807, 2.05) is 36.2 Å². The average molecular weight is 278 g/mol. The smallest absolute Gasteiger partial charge is 0.357 e. The fourth-order valence-corrected chi connectivity index (χ4v) is 2.31. The molecule has 19 heavy (non-hydrogen) atoms. The maximum atomic E-state index is 11.4. The Hall–Kier alpha value is -2.08. The van der Waals surface area contributed by atoms with Gasteiger partial charge in [0.2, 0.25) is 0 Å². The van der Waals surface area contributed by atoms with Crippen molar-refractivity contribution < 1.29 is 14.3 Å². The van der Waals surface area contributed by atoms with Gasteiger partial charge in [-0.3, -0.25) is 0 Å². The Balaban J connectivity index is 2.20. The number of esters is 1. The van der Waals surface area contributed by atoms with Crippen molar-refractivity contribution in [2.75, 3.05) is 26.2 Å². The van der Waals surface area contributed by atoms with Crippen LogP contribution in [0.3, 0.4) is 0 Å². The van der Waals surface area contributed by atoms with Crippen molar-refractivity contribution in [1.29, 1.82) is 0 Å². The Morgan fingerprint density at radius 1 is 1.26 bits per heavy atom. The van der Waals surface area contributed by atoms with Crippen molar-refractivity contribution in [2.45, 2.75) is 0 Å². The Morgan fingerprint density at radius 2 is 1.95 bits per heavy atom. The minimum absolute atomic E-state index is 0.322. The number of aromatic nitrogens is 1. The van der Waals surface area contributed by atoms with E-state index in [-0.39, 0.29) is 0 Å². The topological polar surface area (TPSA) is 51.7 Å². The number of anilines is 2. The van der Waals surface area contributed by atoms with Crippen LogP contribution in [0.5, 0.6) is 5.75 Å². The molecule has 2 aromatic rings. The van der Waals surface area contributed by atoms with E-state index in [2.05, 4.69) is 9.72 Å². The summed E-state index contributed by atoms with van der Waals surface area (Å²) < 4.78 is 9.75. The Bertz CT molecular complexity index is 566. The minimum atomic E-state index is -0.425. The molecule has 0 amide bonds. The average Bonchev–Trinajstić information content (AvgIpc) is 2.95. The molecule has 0 atom stereocenters. The Kier molecular flexibility index (Phi) is 4.01. The molecule has 6 heteroatoms. The van der Waals surface area contributed by atoms with Crippen molar-refractivity contribution in [1.82, 2.24) is 4.98 Å². The van der Waals surface area contributed by atoms with Gasteiger partial charge in [0.1, 0.15) is 5.75 Å². The molecule has 2 rings (SSSR count). The van der Waals surface area contributed by atoms with Crippen LogP contribution in [0, 0.1) is 0 Å². The molecular formula is C13H14N2O3S. The first-order valence-electron chi connectivity index (χ1n) is 5.57. The van der Waals surface area contributed by atoms with Gasteiger partial charge in [-0.1, -0.05) is 0 Å². The lowest BCUT2D eigenvalue weighted by Crippen LogP contribution is -2.10. The summed E-state index contributed by atoms with van der Waals surface area (Å²) in [5.41, 5.74) is 1.29. The summed E-state index contributed by atoms with van der Waals surface area (Å²) in [7, 11) is 4.86. The number of methoxy groups -OCH3 is 2. The van der Waals surface area contributed by atoms with Gasteiger partial charge in [0.25, 0.3) is 0 Å². The minimum Gasteiger partial charge on any atom is -0.497 e. The second-order valence-electron chi connectivity index (χ2n) is 3.76. The highest BCUT2D eigenvalue weighted by Gasteiger charge is 2.14. The van der Waals surface area contributed by atoms with Crippen molar-refractivity contribution >= 4 is 28.1 Å². The monoisotopic (exact) mass is 278 g/mol. The molecule has 0 N–H and O–H groups in total. The normalized spacial score (nSPS) is 10.1. The molecule has 0 bridgehead atoms. The summed E-state index contributed by atoms with van der Waals surface area (Å²) >= 11 is 1.39. The van der Waals surface area contributed by atoms with E-state index in [4.69, 9.17) is 4.74 Å². The van der Waals surface area contributed by atoms with E-state index in [1.54, 1.807) is 12.5 Å². The number of ether oxygens (including phenoxy) is 2. The molecule has 1 heterocycles. The van der Waals surface area contributed by atoms with Crippen LogP contribution >= 0.6 is 11.3 Å². The third-order valence-corrected chi connectivity index (χ3v) is 3.55. The summed E-state index contributed by atoms with van der Waals surface area (Å²) in [6.07, 6.45) is 0. The fourth-order valence-electron chi connectivity index (χ4n) is 1.53. The predicted molar refractivity (Wildman–Crippen MR) is 74.5 cm³/mol. The van der Waals surface area contributed by atoms with Gasteiger partial charge in [-0.15, -0.1) is 11.3 Å². The Labute approximate surface area is 115 Å². The molecule has 0 fully saturated rings. The maximum Gasteiger partial charge on any atom is 0.357 e. The molecule has 5 nitrogen and oxygen atoms in total. The largest absolute Gasteiger partial charge is 0.497 e. The molecule has 0 saturated heterocycles. The summed E-state index contributed by atoms with van der Waals surface area (Å²) in [5.74, 6) is 0.372. The van der Waals surface area contributed by atoms with Crippen molar-refractivity contribution in [3.05, 3.63) is 35.3 Å². The summed E-state index contributed by atoms with van der Waals surface area (Å²) in [4.78, 5) is 17.5. The third-order valence-electron chi connectivity index (χ3n) is 2.63. The van der Waals surface area contributed by atoms with Gasteiger partial charge in [-0.05, 0) is 24.3 Å². The molecule has 0 aliphatic carbocycles. The number of carbonyl (C=O) groups is 1. The Morgan fingerprint density at radius 3 is 2.53 bits per heavy atom. The van der Waals surface area contributed by atoms with Crippen LogP contribution in [0.2, 0.25) is 0 Å². The number of benzene rings is 1. The van der Waals surface area contributed by atoms with Gasteiger partial charge in [0.05, 0.1) is 14.2 Å². The van der Waals surface area contributed by atoms with Crippen LogP contribution < -0.4 is 9.64 Å². The third kappa shape index (κ3) is 2.85. The SMILES string of the molecule is COC(=O)c1csc(N(C)c2ccc(OC)cc2)n1. The molecule has 1 aromatic heterocycles. The first-order valence-corrected chi connectivity index (χ1v) is 6.45. The number of carbonyl (C=O) groups excluding carboxylic acids is 1. The van der Waals surface area contributed by atoms with Gasteiger partial charge < -0.3 is 14.4 Å². The highest BCUT2D eigenvalue weighted by Crippen LogP contribution is 2.28. The van der Waals surface area contributed by atoms with Gasteiger partial charge in [-0.25, -0.2) is 9.78 Å². The standard InChI is InChI=1S/C13H14N2O3S/c1-15(9-4-6-10(17-2)7-5-9)13-14-11(8-19-13)12(16)18-3/h4-8H,1-3H3. The van der Waals surface area contributed by atoms with Crippen molar-refractivity contribution in [3.63, 3.8) is 0 Å². The highest BCUT2D eigenvalue weighted by atomic mass is 32.1. The van der Waals surface area contributed by atoms with Gasteiger partial charge >= 0.3 is 5.97 Å². The molecule has 0 unspecified atom stereocenters. The van der Waals surface area contributed by atoms with Crippen LogP contribution in [-0.2, 0) is 4.74 Å². The molecule has 0 aliphatic rings. The van der Waals surface area contributed by atoms with Crippen LogP contribution in [0.4, 0.5) is 10.8 Å². The lowest BCUT2D eigenvalue weighted by molar-refractivity contribution is 0.0595. The summed E-state index contributed by atoms with van der Waals surface area (Å²) in [5, 5.41) is 2.41. The molecular weight excluding hydrogens is 264 g/mol. The summed E-state index contributed by atoms with van der Waals surface area (Å²) in [6, 6.07) is 7.61. The van der Waals surface area contributed by atoms with E-state index in [1.165, 1.54) is 18.4 Å². The van der Waals surface area contributed by atoms with E-state index in [9.17, 15) is 4.79 Å². The quantitative estimate of drug-likeness (QED) is 0.805. The second kappa shape index (κ2) is 5.71. The first-order chi connectivity index (χ1) is 9.15. The molecule has 0 aliphatic heterocycles. The first kappa shape index (κ1) is 13.4. The number of thiazole rings is 1. The lowest BCUT2D eigenvalue weighted by atomic mass is 10.3. The zero-order chi connectivity index (χ0) is 13.8. The summed E-state index contributed by atoms with van der Waals surface area (Å²) in [6.45, 7) is 0. The number of hydrogen-bond donors (Lipinski definition) is 0. The number of nitrogens with zero attached hydrogens (tertiary/aromatic N) is 2. The predicted octanol–water partition coefficient (Wildman–Crippen LogP) is 2.71. The molecule has 0 spiro atoms. The second-order valence-corrected chi connectivity index (χ2v) is 4.60. The van der Waals surface area contributed by atoms with Crippen molar-refractivity contribution in [2.24, 2.45) is 0 Å². The maximum absolute atomic E-state index is 11.4. The molecule has 0 radical (unpaired) electrons. The van der Waals surface area contributed by atoms with Crippen LogP contribution in [0.25, 0.3) is 0 Å². The van der Waals surface area contributed by atoms with Gasteiger partial charge in [0, 0.05) is 18.1 Å². The number of hydrogen-bond acceptors (Lipinski definition) is 6. The van der Waals surface area contributed by atoms with E-state index < -0.39 is 5.97 Å². The van der Waals surface area contributed by atoms with Gasteiger partial charge in [0.15, 0.2) is 10.8 Å². The van der Waals surface area contributed by atoms with Crippen molar-refractivity contribution in [3.8, 4) is 5.75 Å². The van der Waals surface area contributed by atoms with Crippen LogP contribution in [0.1, 0.15) is 10.5 Å². The lowest BCUT2D eigenvalue weighted by Gasteiger charge is -2.15. The van der Waals surface area contributed by atoms with Crippen LogP contribution in [0.15, 0.2) is 29.6 Å². The number of rotatable bonds is 4. The molecule has 0 saturated carbocycles. The zero-order valence-corrected chi connectivity index (χ0v) is 11.7.